The monoisotopic (exact) mass is 322 g/mol. The molecule has 1 aliphatic heterocycles. The third-order valence-electron chi connectivity index (χ3n) is 4.00. The third-order valence-corrected chi connectivity index (χ3v) is 5.54. The summed E-state index contributed by atoms with van der Waals surface area (Å²) < 4.78 is 5.57. The Bertz CT molecular complexity index is 501. The average molecular weight is 322 g/mol. The van der Waals surface area contributed by atoms with Crippen LogP contribution in [0.25, 0.3) is 0 Å². The van der Waals surface area contributed by atoms with Crippen molar-refractivity contribution in [1.29, 1.82) is 0 Å². The predicted octanol–water partition coefficient (Wildman–Crippen LogP) is 3.29. The Balaban J connectivity index is 1.78. The van der Waals surface area contributed by atoms with Crippen LogP contribution in [0.15, 0.2) is 24.3 Å². The second-order valence-corrected chi connectivity index (χ2v) is 7.82. The van der Waals surface area contributed by atoms with Gasteiger partial charge in [-0.2, -0.15) is 11.8 Å². The van der Waals surface area contributed by atoms with Crippen LogP contribution >= 0.6 is 11.8 Å². The zero-order valence-corrected chi connectivity index (χ0v) is 14.5. The molecule has 4 nitrogen and oxygen atoms in total. The molecule has 1 fully saturated rings. The van der Waals surface area contributed by atoms with Crippen molar-refractivity contribution in [1.82, 2.24) is 5.32 Å². The van der Waals surface area contributed by atoms with Crippen LogP contribution in [0.5, 0.6) is 5.75 Å². The van der Waals surface area contributed by atoms with Crippen LogP contribution in [0.2, 0.25) is 0 Å². The summed E-state index contributed by atoms with van der Waals surface area (Å²) >= 11 is 2.03. The van der Waals surface area contributed by atoms with Gasteiger partial charge in [-0.25, -0.2) is 0 Å². The number of amides is 1. The van der Waals surface area contributed by atoms with E-state index in [1.54, 1.807) is 7.11 Å². The maximum atomic E-state index is 12.2. The van der Waals surface area contributed by atoms with Crippen LogP contribution in [0, 0.1) is 0 Å². The van der Waals surface area contributed by atoms with Crippen LogP contribution < -0.4 is 15.4 Å². The van der Waals surface area contributed by atoms with Crippen LogP contribution in [0.3, 0.4) is 0 Å². The molecule has 0 aliphatic carbocycles. The Morgan fingerprint density at radius 2 is 2.23 bits per heavy atom. The number of rotatable bonds is 7. The molecule has 1 aliphatic rings. The van der Waals surface area contributed by atoms with Crippen molar-refractivity contribution in [3.05, 3.63) is 24.3 Å². The van der Waals surface area contributed by atoms with Crippen LogP contribution in [-0.2, 0) is 4.79 Å². The summed E-state index contributed by atoms with van der Waals surface area (Å²) in [5.74, 6) is 1.95. The smallest absolute Gasteiger partial charge is 0.226 e. The quantitative estimate of drug-likeness (QED) is 0.809. The van der Waals surface area contributed by atoms with E-state index >= 15 is 0 Å². The molecule has 22 heavy (non-hydrogen) atoms. The molecule has 1 heterocycles. The van der Waals surface area contributed by atoms with Crippen molar-refractivity contribution >= 4 is 23.4 Å². The minimum atomic E-state index is 0.00808. The third kappa shape index (κ3) is 4.92. The summed E-state index contributed by atoms with van der Waals surface area (Å²) in [6.07, 6.45) is 3.01. The Morgan fingerprint density at radius 1 is 1.45 bits per heavy atom. The van der Waals surface area contributed by atoms with Gasteiger partial charge in [0, 0.05) is 23.8 Å². The first kappa shape index (κ1) is 17.2. The summed E-state index contributed by atoms with van der Waals surface area (Å²) in [6, 6.07) is 7.63. The van der Waals surface area contributed by atoms with E-state index in [9.17, 15) is 4.79 Å². The minimum Gasteiger partial charge on any atom is -0.495 e. The summed E-state index contributed by atoms with van der Waals surface area (Å²) in [5, 5.41) is 6.42. The van der Waals surface area contributed by atoms with Crippen molar-refractivity contribution in [3.63, 3.8) is 0 Å². The SMILES string of the molecule is COc1ccccc1NC(=O)C[C@@H](C)NC[C@]1(C)CCCS1. The van der Waals surface area contributed by atoms with E-state index in [4.69, 9.17) is 4.74 Å². The Labute approximate surface area is 137 Å². The van der Waals surface area contributed by atoms with Crippen LogP contribution in [-0.4, -0.2) is 36.1 Å². The Hall–Kier alpha value is -1.20. The number of hydrogen-bond acceptors (Lipinski definition) is 4. The van der Waals surface area contributed by atoms with Gasteiger partial charge in [-0.15, -0.1) is 0 Å². The molecule has 1 amide bonds. The van der Waals surface area contributed by atoms with Gasteiger partial charge in [-0.05, 0) is 44.6 Å². The molecule has 1 saturated heterocycles. The maximum absolute atomic E-state index is 12.2. The van der Waals surface area contributed by atoms with Crippen molar-refractivity contribution in [2.75, 3.05) is 24.7 Å². The molecular weight excluding hydrogens is 296 g/mol. The number of carbonyl (C=O) groups excluding carboxylic acids is 1. The van der Waals surface area contributed by atoms with E-state index in [1.807, 2.05) is 36.0 Å². The molecule has 5 heteroatoms. The first-order valence-corrected chi connectivity index (χ1v) is 8.81. The van der Waals surface area contributed by atoms with Crippen molar-refractivity contribution in [3.8, 4) is 5.75 Å². The fourth-order valence-electron chi connectivity index (χ4n) is 2.67. The Kier molecular flexibility index (Phi) is 6.15. The molecule has 0 spiro atoms. The molecule has 1 aromatic rings. The van der Waals surface area contributed by atoms with Gasteiger partial charge in [0.25, 0.3) is 0 Å². The highest BCUT2D eigenvalue weighted by Crippen LogP contribution is 2.37. The summed E-state index contributed by atoms with van der Waals surface area (Å²) in [4.78, 5) is 12.2. The topological polar surface area (TPSA) is 50.4 Å². The molecule has 2 N–H and O–H groups in total. The van der Waals surface area contributed by atoms with Gasteiger partial charge < -0.3 is 15.4 Å². The molecule has 0 radical (unpaired) electrons. The number of carbonyl (C=O) groups is 1. The van der Waals surface area contributed by atoms with E-state index < -0.39 is 0 Å². The lowest BCUT2D eigenvalue weighted by Gasteiger charge is -2.25. The maximum Gasteiger partial charge on any atom is 0.226 e. The number of hydrogen-bond donors (Lipinski definition) is 2. The van der Waals surface area contributed by atoms with Crippen molar-refractivity contribution in [2.24, 2.45) is 0 Å². The van der Waals surface area contributed by atoms with Gasteiger partial charge in [0.2, 0.25) is 5.91 Å². The van der Waals surface area contributed by atoms with Gasteiger partial charge in [0.05, 0.1) is 12.8 Å². The van der Waals surface area contributed by atoms with E-state index in [2.05, 4.69) is 24.5 Å². The molecule has 0 saturated carbocycles. The molecule has 2 rings (SSSR count). The molecular formula is C17H26N2O2S. The summed E-state index contributed by atoms with van der Waals surface area (Å²) in [6.45, 7) is 5.32. The minimum absolute atomic E-state index is 0.00808. The summed E-state index contributed by atoms with van der Waals surface area (Å²) in [5.41, 5.74) is 0.723. The number of thioether (sulfide) groups is 1. The second-order valence-electron chi connectivity index (χ2n) is 6.14. The predicted molar refractivity (Wildman–Crippen MR) is 93.8 cm³/mol. The molecule has 0 unspecified atom stereocenters. The molecule has 122 valence electrons. The number of anilines is 1. The molecule has 1 aromatic carbocycles. The number of ether oxygens (including phenoxy) is 1. The first-order chi connectivity index (χ1) is 10.5. The van der Waals surface area contributed by atoms with Crippen LogP contribution in [0.1, 0.15) is 33.1 Å². The van der Waals surface area contributed by atoms with Gasteiger partial charge in [-0.1, -0.05) is 12.1 Å². The van der Waals surface area contributed by atoms with E-state index in [1.165, 1.54) is 18.6 Å². The molecule has 0 aromatic heterocycles. The molecule has 0 bridgehead atoms. The van der Waals surface area contributed by atoms with E-state index in [-0.39, 0.29) is 11.9 Å². The van der Waals surface area contributed by atoms with Gasteiger partial charge in [0.1, 0.15) is 5.75 Å². The highest BCUT2D eigenvalue weighted by atomic mass is 32.2. The first-order valence-electron chi connectivity index (χ1n) is 7.83. The largest absolute Gasteiger partial charge is 0.495 e. The lowest BCUT2D eigenvalue weighted by Crippen LogP contribution is -2.39. The molecule has 2 atom stereocenters. The number of nitrogens with one attached hydrogen (secondary N) is 2. The lowest BCUT2D eigenvalue weighted by molar-refractivity contribution is -0.116. The van der Waals surface area contributed by atoms with E-state index in [0.717, 1.165) is 12.2 Å². The highest BCUT2D eigenvalue weighted by Gasteiger charge is 2.29. The van der Waals surface area contributed by atoms with E-state index in [0.29, 0.717) is 16.9 Å². The Morgan fingerprint density at radius 3 is 2.91 bits per heavy atom. The normalized spacial score (nSPS) is 22.3. The van der Waals surface area contributed by atoms with Crippen LogP contribution in [0.4, 0.5) is 5.69 Å². The van der Waals surface area contributed by atoms with Gasteiger partial charge in [0.15, 0.2) is 0 Å². The zero-order chi connectivity index (χ0) is 16.0. The lowest BCUT2D eigenvalue weighted by atomic mass is 10.1. The van der Waals surface area contributed by atoms with Crippen molar-refractivity contribution < 1.29 is 9.53 Å². The fourth-order valence-corrected chi connectivity index (χ4v) is 3.92. The number of benzene rings is 1. The zero-order valence-electron chi connectivity index (χ0n) is 13.6. The number of methoxy groups -OCH3 is 1. The average Bonchev–Trinajstić information content (AvgIpc) is 2.93. The highest BCUT2D eigenvalue weighted by molar-refractivity contribution is 8.00. The summed E-state index contributed by atoms with van der Waals surface area (Å²) in [7, 11) is 1.61. The second kappa shape index (κ2) is 7.88. The van der Waals surface area contributed by atoms with Crippen molar-refractivity contribution in [2.45, 2.75) is 43.9 Å². The number of para-hydroxylation sites is 2. The standard InChI is InChI=1S/C17H26N2O2S/c1-13(18-12-17(2)9-6-10-22-17)11-16(20)19-14-7-4-5-8-15(14)21-3/h4-5,7-8,13,18H,6,9-12H2,1-3H3,(H,19,20)/t13-,17+/m1/s1. The fraction of sp³-hybridized carbons (Fsp3) is 0.588. The van der Waals surface area contributed by atoms with Gasteiger partial charge in [-0.3, -0.25) is 4.79 Å². The van der Waals surface area contributed by atoms with Gasteiger partial charge >= 0.3 is 0 Å².